The monoisotopic (exact) mass is 454 g/mol. The smallest absolute Gasteiger partial charge is 0.305 e. The summed E-state index contributed by atoms with van der Waals surface area (Å²) in [6.45, 7) is 1.62. The highest BCUT2D eigenvalue weighted by atomic mass is 28.3. The maximum atomic E-state index is 14.1. The third kappa shape index (κ3) is 6.66. The van der Waals surface area contributed by atoms with Gasteiger partial charge in [-0.1, -0.05) is 48.8 Å². The molecule has 1 heterocycles. The summed E-state index contributed by atoms with van der Waals surface area (Å²) in [5.41, 5.74) is 2.18. The van der Waals surface area contributed by atoms with E-state index in [1.807, 2.05) is 24.3 Å². The number of benzene rings is 2. The first-order valence-electron chi connectivity index (χ1n) is 10.7. The number of hydrogen-bond donors (Lipinski definition) is 0. The summed E-state index contributed by atoms with van der Waals surface area (Å²) >= 11 is 0. The maximum Gasteiger partial charge on any atom is 0.305 e. The molecule has 7 heteroatoms. The van der Waals surface area contributed by atoms with Gasteiger partial charge in [-0.2, -0.15) is 8.78 Å². The number of hydrogen-bond acceptors (Lipinski definition) is 1. The van der Waals surface area contributed by atoms with E-state index in [0.29, 0.717) is 23.5 Å². The highest BCUT2D eigenvalue weighted by Gasteiger charge is 2.23. The van der Waals surface area contributed by atoms with Gasteiger partial charge in [0.2, 0.25) is 0 Å². The van der Waals surface area contributed by atoms with Crippen molar-refractivity contribution in [3.05, 3.63) is 65.9 Å². The zero-order valence-corrected chi connectivity index (χ0v) is 18.7. The Balaban J connectivity index is 1.61. The molecule has 1 nitrogen and oxygen atoms in total. The van der Waals surface area contributed by atoms with Crippen LogP contribution in [0.5, 0.6) is 5.75 Å². The Morgan fingerprint density at radius 1 is 1.06 bits per heavy atom. The molecule has 0 N–H and O–H groups in total. The Kier molecular flexibility index (Phi) is 8.29. The third-order valence-corrected chi connectivity index (χ3v) is 9.57. The van der Waals surface area contributed by atoms with Crippen LogP contribution in [0.1, 0.15) is 44.1 Å². The van der Waals surface area contributed by atoms with Gasteiger partial charge in [-0.15, -0.1) is 0 Å². The number of rotatable bonds is 8. The van der Waals surface area contributed by atoms with Crippen molar-refractivity contribution in [3.8, 4) is 16.9 Å². The first-order chi connectivity index (χ1) is 14.8. The quantitative estimate of drug-likeness (QED) is 0.223. The maximum absolute atomic E-state index is 14.1. The highest BCUT2D eigenvalue weighted by Crippen LogP contribution is 2.36. The van der Waals surface area contributed by atoms with Gasteiger partial charge in [-0.3, -0.25) is 0 Å². The summed E-state index contributed by atoms with van der Waals surface area (Å²) in [4.78, 5) is 0. The topological polar surface area (TPSA) is 9.23 Å². The van der Waals surface area contributed by atoms with Crippen molar-refractivity contribution in [1.29, 1.82) is 0 Å². The van der Waals surface area contributed by atoms with Crippen LogP contribution in [0.4, 0.5) is 22.0 Å². The van der Waals surface area contributed by atoms with Crippen LogP contribution in [0.25, 0.3) is 11.1 Å². The van der Waals surface area contributed by atoms with Crippen molar-refractivity contribution in [2.45, 2.75) is 62.8 Å². The van der Waals surface area contributed by atoms with Crippen molar-refractivity contribution >= 4 is 8.80 Å². The van der Waals surface area contributed by atoms with Gasteiger partial charge in [0.1, 0.15) is 0 Å². The van der Waals surface area contributed by atoms with E-state index >= 15 is 0 Å². The molecule has 2 aromatic rings. The van der Waals surface area contributed by atoms with Gasteiger partial charge in [0.05, 0.1) is 6.17 Å². The standard InChI is InChI=1S/C24H27F5OSi/c1-16(25)3-2-10-31-11-8-19(9-12-31)17-4-6-18(7-5-17)20-13-21(26)24(22(27)14-20)30-15-23(28)29/h4-7,13-16,19,31H,2-3,8-12H2,1H3. The Morgan fingerprint density at radius 3 is 2.23 bits per heavy atom. The van der Waals surface area contributed by atoms with Crippen molar-refractivity contribution < 1.29 is 26.7 Å². The van der Waals surface area contributed by atoms with Crippen LogP contribution in [0.3, 0.4) is 0 Å². The molecule has 31 heavy (non-hydrogen) atoms. The van der Waals surface area contributed by atoms with Crippen molar-refractivity contribution in [1.82, 2.24) is 0 Å². The number of alkyl halides is 1. The molecular formula is C24H27F5OSi. The van der Waals surface area contributed by atoms with Crippen LogP contribution < -0.4 is 4.74 Å². The van der Waals surface area contributed by atoms with Gasteiger partial charge in [0, 0.05) is 8.80 Å². The lowest BCUT2D eigenvalue weighted by Crippen LogP contribution is -2.20. The fourth-order valence-electron chi connectivity index (χ4n) is 4.36. The molecule has 1 unspecified atom stereocenters. The fourth-order valence-corrected chi connectivity index (χ4v) is 7.79. The zero-order chi connectivity index (χ0) is 22.4. The molecule has 0 radical (unpaired) electrons. The minimum Gasteiger partial charge on any atom is -0.453 e. The second kappa shape index (κ2) is 10.9. The van der Waals surface area contributed by atoms with Crippen molar-refractivity contribution in [2.75, 3.05) is 0 Å². The normalized spacial score (nSPS) is 19.7. The van der Waals surface area contributed by atoms with Gasteiger partial charge in [0.25, 0.3) is 0 Å². The molecule has 1 fully saturated rings. The van der Waals surface area contributed by atoms with E-state index in [1.54, 1.807) is 6.92 Å². The van der Waals surface area contributed by atoms with E-state index in [2.05, 4.69) is 4.74 Å². The van der Waals surface area contributed by atoms with Gasteiger partial charge in [-0.05, 0) is 60.9 Å². The summed E-state index contributed by atoms with van der Waals surface area (Å²) in [5, 5.41) is 0. The number of ether oxygens (including phenoxy) is 1. The van der Waals surface area contributed by atoms with Crippen LogP contribution in [0.2, 0.25) is 18.1 Å². The van der Waals surface area contributed by atoms with Crippen LogP contribution in [-0.2, 0) is 0 Å². The molecule has 1 atom stereocenters. The molecule has 0 amide bonds. The second-order valence-corrected chi connectivity index (χ2v) is 11.8. The third-order valence-electron chi connectivity index (χ3n) is 6.04. The summed E-state index contributed by atoms with van der Waals surface area (Å²) < 4.78 is 69.8. The fraction of sp³-hybridized carbons (Fsp3) is 0.417. The second-order valence-electron chi connectivity index (χ2n) is 8.35. The molecule has 0 aromatic heterocycles. The molecule has 168 valence electrons. The van der Waals surface area contributed by atoms with E-state index < -0.39 is 38.4 Å². The molecule has 0 saturated carbocycles. The minimum absolute atomic E-state index is 0.00905. The first kappa shape index (κ1) is 23.5. The Bertz CT molecular complexity index is 862. The van der Waals surface area contributed by atoms with Crippen LogP contribution in [0.15, 0.2) is 48.7 Å². The molecule has 2 aromatic carbocycles. The Morgan fingerprint density at radius 2 is 1.68 bits per heavy atom. The van der Waals surface area contributed by atoms with Gasteiger partial charge >= 0.3 is 6.08 Å². The van der Waals surface area contributed by atoms with Crippen molar-refractivity contribution in [3.63, 3.8) is 0 Å². The van der Waals surface area contributed by atoms with E-state index in [-0.39, 0.29) is 6.26 Å². The van der Waals surface area contributed by atoms with E-state index in [4.69, 9.17) is 0 Å². The lowest BCUT2D eigenvalue weighted by atomic mass is 9.92. The zero-order valence-electron chi connectivity index (χ0n) is 17.5. The summed E-state index contributed by atoms with van der Waals surface area (Å²) in [6, 6.07) is 13.6. The summed E-state index contributed by atoms with van der Waals surface area (Å²) in [6.07, 6.45) is 1.10. The summed E-state index contributed by atoms with van der Waals surface area (Å²) in [7, 11) is -0.748. The average molecular weight is 455 g/mol. The molecule has 3 rings (SSSR count). The predicted octanol–water partition coefficient (Wildman–Crippen LogP) is 7.99. The van der Waals surface area contributed by atoms with E-state index in [0.717, 1.165) is 31.4 Å². The average Bonchev–Trinajstić information content (AvgIpc) is 2.73. The molecule has 0 spiro atoms. The molecule has 1 saturated heterocycles. The van der Waals surface area contributed by atoms with Gasteiger partial charge in [-0.25, -0.2) is 13.2 Å². The highest BCUT2D eigenvalue weighted by molar-refractivity contribution is 6.59. The van der Waals surface area contributed by atoms with Gasteiger partial charge in [0.15, 0.2) is 23.6 Å². The molecule has 0 bridgehead atoms. The Hall–Kier alpha value is -2.15. The van der Waals surface area contributed by atoms with Crippen LogP contribution in [0, 0.1) is 11.6 Å². The lowest BCUT2D eigenvalue weighted by Gasteiger charge is -2.28. The van der Waals surface area contributed by atoms with Crippen LogP contribution >= 0.6 is 0 Å². The molecule has 1 aliphatic rings. The van der Waals surface area contributed by atoms with Crippen molar-refractivity contribution in [2.24, 2.45) is 0 Å². The Labute approximate surface area is 181 Å². The lowest BCUT2D eigenvalue weighted by molar-refractivity contribution is 0.338. The molecule has 0 aliphatic carbocycles. The van der Waals surface area contributed by atoms with Gasteiger partial charge < -0.3 is 4.74 Å². The minimum atomic E-state index is -2.18. The summed E-state index contributed by atoms with van der Waals surface area (Å²) in [5.74, 6) is -2.44. The van der Waals surface area contributed by atoms with E-state index in [9.17, 15) is 22.0 Å². The number of halogens is 5. The SMILES string of the molecule is CC(F)CCC[SiH]1CCC(c2ccc(-c3cc(F)c(OC=C(F)F)c(F)c3)cc2)CC1. The largest absolute Gasteiger partial charge is 0.453 e. The first-order valence-corrected chi connectivity index (χ1v) is 13.2. The predicted molar refractivity (Wildman–Crippen MR) is 116 cm³/mol. The molecule has 1 aliphatic heterocycles. The van der Waals surface area contributed by atoms with E-state index in [1.165, 1.54) is 23.7 Å². The molecular weight excluding hydrogens is 427 g/mol. The van der Waals surface area contributed by atoms with Crippen LogP contribution in [-0.4, -0.2) is 15.0 Å².